The van der Waals surface area contributed by atoms with E-state index in [1.807, 2.05) is 30.3 Å². The van der Waals surface area contributed by atoms with Gasteiger partial charge >= 0.3 is 6.09 Å². The fourth-order valence-electron chi connectivity index (χ4n) is 2.25. The second-order valence-electron chi connectivity index (χ2n) is 4.35. The molecule has 1 fully saturated rings. The molecule has 0 radical (unpaired) electrons. The van der Waals surface area contributed by atoms with Gasteiger partial charge < -0.3 is 19.8 Å². The van der Waals surface area contributed by atoms with Crippen LogP contribution in [0.1, 0.15) is 12.0 Å². The first-order valence-corrected chi connectivity index (χ1v) is 5.98. The Bertz CT molecular complexity index is 395. The molecule has 1 aromatic rings. The maximum Gasteiger partial charge on any atom is 0.407 e. The maximum atomic E-state index is 10.9. The van der Waals surface area contributed by atoms with Gasteiger partial charge in [0.15, 0.2) is 0 Å². The summed E-state index contributed by atoms with van der Waals surface area (Å²) in [7, 11) is 0. The predicted octanol–water partition coefficient (Wildman–Crippen LogP) is 1.32. The van der Waals surface area contributed by atoms with Crippen LogP contribution in [0.5, 0.6) is 0 Å². The standard InChI is InChI=1S/C13H17NO4/c15-8-11-12(6-7-14(11)13(16)17)18-9-10-4-2-1-3-5-10/h1-5,11-12,15H,6-9H2,(H,16,17)/t11-,12+/m0/s1. The summed E-state index contributed by atoms with van der Waals surface area (Å²) in [6.07, 6.45) is -0.601. The lowest BCUT2D eigenvalue weighted by Gasteiger charge is -2.24. The Morgan fingerprint density at radius 2 is 2.11 bits per heavy atom. The molecule has 2 rings (SSSR count). The number of aliphatic hydroxyl groups is 1. The molecule has 1 amide bonds. The van der Waals surface area contributed by atoms with Gasteiger partial charge in [-0.05, 0) is 12.0 Å². The molecule has 0 unspecified atom stereocenters. The molecule has 0 aromatic heterocycles. The molecule has 5 heteroatoms. The van der Waals surface area contributed by atoms with E-state index in [2.05, 4.69) is 0 Å². The van der Waals surface area contributed by atoms with E-state index in [4.69, 9.17) is 9.84 Å². The second kappa shape index (κ2) is 5.84. The number of hydrogen-bond donors (Lipinski definition) is 2. The minimum Gasteiger partial charge on any atom is -0.465 e. The number of nitrogens with zero attached hydrogens (tertiary/aromatic N) is 1. The minimum absolute atomic E-state index is 0.203. The third-order valence-corrected chi connectivity index (χ3v) is 3.22. The fourth-order valence-corrected chi connectivity index (χ4v) is 2.25. The van der Waals surface area contributed by atoms with Crippen molar-refractivity contribution < 1.29 is 19.7 Å². The largest absolute Gasteiger partial charge is 0.465 e. The van der Waals surface area contributed by atoms with Crippen LogP contribution in [0.25, 0.3) is 0 Å². The molecule has 0 spiro atoms. The van der Waals surface area contributed by atoms with Crippen LogP contribution in [0, 0.1) is 0 Å². The molecular weight excluding hydrogens is 234 g/mol. The SMILES string of the molecule is O=C(O)N1CC[C@@H](OCc2ccccc2)[C@@H]1CO. The molecule has 1 saturated heterocycles. The van der Waals surface area contributed by atoms with Crippen LogP contribution in [-0.4, -0.2) is 46.5 Å². The Balaban J connectivity index is 1.92. The van der Waals surface area contributed by atoms with Crippen LogP contribution < -0.4 is 0 Å². The normalized spacial score (nSPS) is 23.3. The van der Waals surface area contributed by atoms with Gasteiger partial charge in [-0.3, -0.25) is 0 Å². The lowest BCUT2D eigenvalue weighted by molar-refractivity contribution is 0.000332. The van der Waals surface area contributed by atoms with Gasteiger partial charge in [-0.1, -0.05) is 30.3 Å². The zero-order valence-corrected chi connectivity index (χ0v) is 10.0. The third-order valence-electron chi connectivity index (χ3n) is 3.22. The van der Waals surface area contributed by atoms with E-state index >= 15 is 0 Å². The van der Waals surface area contributed by atoms with E-state index < -0.39 is 12.1 Å². The van der Waals surface area contributed by atoms with Crippen molar-refractivity contribution in [2.24, 2.45) is 0 Å². The number of ether oxygens (including phenoxy) is 1. The number of benzene rings is 1. The lowest BCUT2D eigenvalue weighted by Crippen LogP contribution is -2.42. The van der Waals surface area contributed by atoms with Gasteiger partial charge in [0.1, 0.15) is 0 Å². The molecule has 0 bridgehead atoms. The highest BCUT2D eigenvalue weighted by Crippen LogP contribution is 2.22. The van der Waals surface area contributed by atoms with Crippen LogP contribution in [0.2, 0.25) is 0 Å². The Labute approximate surface area is 106 Å². The van der Waals surface area contributed by atoms with Gasteiger partial charge in [0.2, 0.25) is 0 Å². The van der Waals surface area contributed by atoms with E-state index in [0.29, 0.717) is 19.6 Å². The van der Waals surface area contributed by atoms with Crippen molar-refractivity contribution in [2.75, 3.05) is 13.2 Å². The number of carboxylic acid groups (broad SMARTS) is 1. The van der Waals surface area contributed by atoms with E-state index in [1.165, 1.54) is 4.90 Å². The van der Waals surface area contributed by atoms with Crippen molar-refractivity contribution in [3.63, 3.8) is 0 Å². The zero-order valence-electron chi connectivity index (χ0n) is 10.0. The summed E-state index contributed by atoms with van der Waals surface area (Å²) >= 11 is 0. The Hall–Kier alpha value is -1.59. The molecule has 2 atom stereocenters. The van der Waals surface area contributed by atoms with E-state index in [1.54, 1.807) is 0 Å². The van der Waals surface area contributed by atoms with Crippen LogP contribution in [0.3, 0.4) is 0 Å². The van der Waals surface area contributed by atoms with Gasteiger partial charge in [-0.2, -0.15) is 0 Å². The molecular formula is C13H17NO4. The number of likely N-dealkylation sites (tertiary alicyclic amines) is 1. The highest BCUT2D eigenvalue weighted by molar-refractivity contribution is 5.66. The average Bonchev–Trinajstić information content (AvgIpc) is 2.80. The molecule has 98 valence electrons. The van der Waals surface area contributed by atoms with Crippen molar-refractivity contribution in [2.45, 2.75) is 25.2 Å². The first kappa shape index (κ1) is 12.9. The third kappa shape index (κ3) is 2.80. The summed E-state index contributed by atoms with van der Waals surface area (Å²) in [4.78, 5) is 12.2. The van der Waals surface area contributed by atoms with Gasteiger partial charge in [0.05, 0.1) is 25.4 Å². The monoisotopic (exact) mass is 251 g/mol. The highest BCUT2D eigenvalue weighted by atomic mass is 16.5. The number of carbonyl (C=O) groups is 1. The second-order valence-corrected chi connectivity index (χ2v) is 4.35. The zero-order chi connectivity index (χ0) is 13.0. The van der Waals surface area contributed by atoms with E-state index in [0.717, 1.165) is 5.56 Å². The van der Waals surface area contributed by atoms with Crippen molar-refractivity contribution in [3.05, 3.63) is 35.9 Å². The fraction of sp³-hybridized carbons (Fsp3) is 0.462. The van der Waals surface area contributed by atoms with Gasteiger partial charge in [-0.15, -0.1) is 0 Å². The first-order chi connectivity index (χ1) is 8.72. The van der Waals surface area contributed by atoms with Gasteiger partial charge in [-0.25, -0.2) is 4.79 Å². The Morgan fingerprint density at radius 1 is 1.39 bits per heavy atom. The summed E-state index contributed by atoms with van der Waals surface area (Å²) in [5, 5.41) is 18.2. The van der Waals surface area contributed by atoms with Gasteiger partial charge in [0.25, 0.3) is 0 Å². The summed E-state index contributed by atoms with van der Waals surface area (Å²) in [6.45, 7) is 0.654. The molecule has 0 aliphatic carbocycles. The molecule has 1 aliphatic heterocycles. The molecule has 18 heavy (non-hydrogen) atoms. The van der Waals surface area contributed by atoms with Gasteiger partial charge in [0, 0.05) is 6.54 Å². The van der Waals surface area contributed by atoms with Crippen LogP contribution in [-0.2, 0) is 11.3 Å². The van der Waals surface area contributed by atoms with Crippen LogP contribution in [0.4, 0.5) is 4.79 Å². The molecule has 1 aromatic carbocycles. The molecule has 1 heterocycles. The van der Waals surface area contributed by atoms with E-state index in [9.17, 15) is 9.90 Å². The molecule has 1 aliphatic rings. The number of aliphatic hydroxyl groups excluding tert-OH is 1. The van der Waals surface area contributed by atoms with Crippen molar-refractivity contribution in [1.29, 1.82) is 0 Å². The Morgan fingerprint density at radius 3 is 2.72 bits per heavy atom. The molecule has 0 saturated carbocycles. The lowest BCUT2D eigenvalue weighted by atomic mass is 10.2. The maximum absolute atomic E-state index is 10.9. The quantitative estimate of drug-likeness (QED) is 0.846. The molecule has 5 nitrogen and oxygen atoms in total. The summed E-state index contributed by atoms with van der Waals surface area (Å²) in [5.74, 6) is 0. The summed E-state index contributed by atoms with van der Waals surface area (Å²) in [5.41, 5.74) is 1.04. The smallest absolute Gasteiger partial charge is 0.407 e. The average molecular weight is 251 g/mol. The van der Waals surface area contributed by atoms with E-state index in [-0.39, 0.29) is 12.7 Å². The Kier molecular flexibility index (Phi) is 4.17. The van der Waals surface area contributed by atoms with Crippen molar-refractivity contribution >= 4 is 6.09 Å². The highest BCUT2D eigenvalue weighted by Gasteiger charge is 2.37. The van der Waals surface area contributed by atoms with Crippen LogP contribution in [0.15, 0.2) is 30.3 Å². The topological polar surface area (TPSA) is 70.0 Å². The first-order valence-electron chi connectivity index (χ1n) is 5.98. The van der Waals surface area contributed by atoms with Crippen LogP contribution >= 0.6 is 0 Å². The number of amides is 1. The summed E-state index contributed by atoms with van der Waals surface area (Å²) in [6, 6.07) is 9.25. The van der Waals surface area contributed by atoms with Crippen molar-refractivity contribution in [3.8, 4) is 0 Å². The predicted molar refractivity (Wildman–Crippen MR) is 65.2 cm³/mol. The number of hydrogen-bond acceptors (Lipinski definition) is 3. The molecule has 2 N–H and O–H groups in total. The van der Waals surface area contributed by atoms with Crippen molar-refractivity contribution in [1.82, 2.24) is 4.90 Å². The minimum atomic E-state index is -1.00. The number of rotatable bonds is 4. The summed E-state index contributed by atoms with van der Waals surface area (Å²) < 4.78 is 5.71.